The summed E-state index contributed by atoms with van der Waals surface area (Å²) in [4.78, 5) is 11.3. The molecule has 0 aliphatic heterocycles. The van der Waals surface area contributed by atoms with E-state index >= 15 is 0 Å². The van der Waals surface area contributed by atoms with Gasteiger partial charge in [0.2, 0.25) is 0 Å². The lowest BCUT2D eigenvalue weighted by Gasteiger charge is -2.31. The summed E-state index contributed by atoms with van der Waals surface area (Å²) >= 11 is 0. The molecule has 1 unspecified atom stereocenters. The number of ketones is 1. The number of Topliss-reactive ketones (excluding diaryl/α,β-unsaturated/α-hetero) is 1. The van der Waals surface area contributed by atoms with Crippen molar-refractivity contribution in [2.75, 3.05) is 0 Å². The minimum atomic E-state index is -0.276. The lowest BCUT2D eigenvalue weighted by molar-refractivity contribution is -0.120. The van der Waals surface area contributed by atoms with Gasteiger partial charge in [-0.15, -0.1) is 0 Å². The highest BCUT2D eigenvalue weighted by Crippen LogP contribution is 2.31. The monoisotopic (exact) mass is 185 g/mol. The molecule has 0 radical (unpaired) electrons. The molecular formula is C11H23NO. The Hall–Kier alpha value is -0.370. The van der Waals surface area contributed by atoms with Crippen LogP contribution < -0.4 is 5.73 Å². The zero-order valence-electron chi connectivity index (χ0n) is 9.55. The van der Waals surface area contributed by atoms with Crippen LogP contribution in [0.2, 0.25) is 0 Å². The van der Waals surface area contributed by atoms with Crippen LogP contribution in [-0.2, 0) is 4.79 Å². The minimum absolute atomic E-state index is 0.157. The molecule has 0 bridgehead atoms. The maximum Gasteiger partial charge on any atom is 0.149 e. The summed E-state index contributed by atoms with van der Waals surface area (Å²) in [6.45, 7) is 10.5. The second kappa shape index (κ2) is 4.75. The maximum absolute atomic E-state index is 11.3. The number of carbonyl (C=O) groups is 1. The fourth-order valence-corrected chi connectivity index (χ4v) is 1.18. The molecule has 2 N–H and O–H groups in total. The highest BCUT2D eigenvalue weighted by Gasteiger charge is 2.27. The van der Waals surface area contributed by atoms with E-state index in [0.29, 0.717) is 12.3 Å². The molecule has 0 saturated carbocycles. The average molecular weight is 185 g/mol. The third-order valence-corrected chi connectivity index (χ3v) is 3.07. The predicted molar refractivity (Wildman–Crippen MR) is 56.5 cm³/mol. The van der Waals surface area contributed by atoms with Crippen LogP contribution in [0.3, 0.4) is 0 Å². The Morgan fingerprint density at radius 2 is 1.85 bits per heavy atom. The molecule has 2 heteroatoms. The molecule has 0 rings (SSSR count). The van der Waals surface area contributed by atoms with Crippen molar-refractivity contribution in [2.24, 2.45) is 17.1 Å². The van der Waals surface area contributed by atoms with E-state index in [1.807, 2.05) is 6.92 Å². The van der Waals surface area contributed by atoms with Gasteiger partial charge in [-0.05, 0) is 17.8 Å². The van der Waals surface area contributed by atoms with Gasteiger partial charge < -0.3 is 5.73 Å². The summed E-state index contributed by atoms with van der Waals surface area (Å²) in [5.41, 5.74) is 5.96. The molecule has 0 aromatic carbocycles. The van der Waals surface area contributed by atoms with Gasteiger partial charge in [0.05, 0.1) is 6.04 Å². The van der Waals surface area contributed by atoms with Crippen LogP contribution in [0.25, 0.3) is 0 Å². The standard InChI is InChI=1S/C11H23NO/c1-6-10(13)9(12)7-11(4,5)8(2)3/h8-9H,6-7,12H2,1-5H3. The van der Waals surface area contributed by atoms with E-state index in [1.54, 1.807) is 0 Å². The zero-order chi connectivity index (χ0) is 10.6. The lowest BCUT2D eigenvalue weighted by atomic mass is 9.75. The van der Waals surface area contributed by atoms with Gasteiger partial charge in [-0.3, -0.25) is 4.79 Å². The minimum Gasteiger partial charge on any atom is -0.321 e. The van der Waals surface area contributed by atoms with Crippen LogP contribution in [-0.4, -0.2) is 11.8 Å². The Balaban J connectivity index is 4.19. The van der Waals surface area contributed by atoms with Crippen LogP contribution >= 0.6 is 0 Å². The van der Waals surface area contributed by atoms with Gasteiger partial charge in [-0.2, -0.15) is 0 Å². The van der Waals surface area contributed by atoms with Crippen LogP contribution in [0, 0.1) is 11.3 Å². The normalized spacial score (nSPS) is 14.7. The molecule has 78 valence electrons. The van der Waals surface area contributed by atoms with Gasteiger partial charge in [0, 0.05) is 6.42 Å². The quantitative estimate of drug-likeness (QED) is 0.714. The molecule has 0 saturated heterocycles. The van der Waals surface area contributed by atoms with Crippen LogP contribution in [0.15, 0.2) is 0 Å². The van der Waals surface area contributed by atoms with E-state index in [2.05, 4.69) is 27.7 Å². The van der Waals surface area contributed by atoms with Crippen molar-refractivity contribution >= 4 is 5.78 Å². The van der Waals surface area contributed by atoms with E-state index in [0.717, 1.165) is 6.42 Å². The van der Waals surface area contributed by atoms with E-state index in [9.17, 15) is 4.79 Å². The SMILES string of the molecule is CCC(=O)C(N)CC(C)(C)C(C)C. The van der Waals surface area contributed by atoms with Crippen molar-refractivity contribution < 1.29 is 4.79 Å². The van der Waals surface area contributed by atoms with E-state index < -0.39 is 0 Å². The second-order valence-corrected chi connectivity index (χ2v) is 4.77. The van der Waals surface area contributed by atoms with Crippen molar-refractivity contribution in [1.29, 1.82) is 0 Å². The van der Waals surface area contributed by atoms with E-state index in [1.165, 1.54) is 0 Å². The number of rotatable bonds is 5. The molecular weight excluding hydrogens is 162 g/mol. The number of carbonyl (C=O) groups excluding carboxylic acids is 1. The Bertz CT molecular complexity index is 173. The number of hydrogen-bond acceptors (Lipinski definition) is 2. The Labute approximate surface area is 81.9 Å². The lowest BCUT2D eigenvalue weighted by Crippen LogP contribution is -2.36. The van der Waals surface area contributed by atoms with Crippen molar-refractivity contribution in [3.8, 4) is 0 Å². The van der Waals surface area contributed by atoms with Gasteiger partial charge in [-0.25, -0.2) is 0 Å². The molecule has 2 nitrogen and oxygen atoms in total. The molecule has 0 aliphatic rings. The van der Waals surface area contributed by atoms with Gasteiger partial charge >= 0.3 is 0 Å². The summed E-state index contributed by atoms with van der Waals surface area (Å²) in [6.07, 6.45) is 1.34. The number of hydrogen-bond donors (Lipinski definition) is 1. The smallest absolute Gasteiger partial charge is 0.149 e. The van der Waals surface area contributed by atoms with Gasteiger partial charge in [0.1, 0.15) is 5.78 Å². The highest BCUT2D eigenvalue weighted by atomic mass is 16.1. The topological polar surface area (TPSA) is 43.1 Å². The third-order valence-electron chi connectivity index (χ3n) is 3.07. The van der Waals surface area contributed by atoms with Crippen LogP contribution in [0.4, 0.5) is 0 Å². The second-order valence-electron chi connectivity index (χ2n) is 4.77. The Morgan fingerprint density at radius 1 is 1.38 bits per heavy atom. The van der Waals surface area contributed by atoms with Crippen molar-refractivity contribution in [1.82, 2.24) is 0 Å². The van der Waals surface area contributed by atoms with E-state index in [-0.39, 0.29) is 17.2 Å². The van der Waals surface area contributed by atoms with Crippen molar-refractivity contribution in [3.63, 3.8) is 0 Å². The predicted octanol–water partition coefficient (Wildman–Crippen LogP) is 2.37. The van der Waals surface area contributed by atoms with E-state index in [4.69, 9.17) is 5.73 Å². The summed E-state index contributed by atoms with van der Waals surface area (Å²) < 4.78 is 0. The molecule has 0 heterocycles. The van der Waals surface area contributed by atoms with Gasteiger partial charge in [0.25, 0.3) is 0 Å². The first kappa shape index (κ1) is 12.6. The molecule has 0 fully saturated rings. The van der Waals surface area contributed by atoms with Crippen LogP contribution in [0.1, 0.15) is 47.5 Å². The fraction of sp³-hybridized carbons (Fsp3) is 0.909. The summed E-state index contributed by atoms with van der Waals surface area (Å²) in [5.74, 6) is 0.733. The highest BCUT2D eigenvalue weighted by molar-refractivity contribution is 5.83. The molecule has 13 heavy (non-hydrogen) atoms. The largest absolute Gasteiger partial charge is 0.321 e. The Kier molecular flexibility index (Phi) is 4.62. The summed E-state index contributed by atoms with van der Waals surface area (Å²) in [5, 5.41) is 0. The van der Waals surface area contributed by atoms with Crippen molar-refractivity contribution in [2.45, 2.75) is 53.5 Å². The first-order valence-corrected chi connectivity index (χ1v) is 5.09. The zero-order valence-corrected chi connectivity index (χ0v) is 9.55. The molecule has 0 amide bonds. The summed E-state index contributed by atoms with van der Waals surface area (Å²) in [6, 6.07) is -0.276. The molecule has 0 aromatic rings. The fourth-order valence-electron chi connectivity index (χ4n) is 1.18. The average Bonchev–Trinajstić information content (AvgIpc) is 2.01. The Morgan fingerprint density at radius 3 is 2.15 bits per heavy atom. The summed E-state index contributed by atoms with van der Waals surface area (Å²) in [7, 11) is 0. The van der Waals surface area contributed by atoms with Crippen LogP contribution in [0.5, 0.6) is 0 Å². The molecule has 0 spiro atoms. The molecule has 0 aromatic heterocycles. The first-order valence-electron chi connectivity index (χ1n) is 5.09. The molecule has 1 atom stereocenters. The van der Waals surface area contributed by atoms with Gasteiger partial charge in [-0.1, -0.05) is 34.6 Å². The van der Waals surface area contributed by atoms with Crippen molar-refractivity contribution in [3.05, 3.63) is 0 Å². The third kappa shape index (κ3) is 3.90. The van der Waals surface area contributed by atoms with Gasteiger partial charge in [0.15, 0.2) is 0 Å². The first-order chi connectivity index (χ1) is 5.81. The maximum atomic E-state index is 11.3. The molecule has 0 aliphatic carbocycles. The number of nitrogens with two attached hydrogens (primary N) is 1.